The number of unbranched alkanes of at least 4 members (excludes halogenated alkanes) is 1. The number of anilines is 1. The number of hydrogen-bond acceptors (Lipinski definition) is 4. The molecule has 5 heteroatoms. The number of aromatic carboxylic acids is 1. The smallest absolute Gasteiger partial charge is 0.339 e. The molecule has 0 radical (unpaired) electrons. The molecular formula is C22H32N2O3. The second-order valence-electron chi connectivity index (χ2n) is 7.17. The number of benzene rings is 1. The number of aromatic nitrogens is 1. The highest BCUT2D eigenvalue weighted by Gasteiger charge is 2.21. The van der Waals surface area contributed by atoms with Crippen molar-refractivity contribution in [1.29, 1.82) is 0 Å². The van der Waals surface area contributed by atoms with Crippen LogP contribution in [-0.4, -0.2) is 22.2 Å². The van der Waals surface area contributed by atoms with Gasteiger partial charge in [-0.1, -0.05) is 45.6 Å². The van der Waals surface area contributed by atoms with Crippen molar-refractivity contribution in [3.8, 4) is 5.75 Å². The Kier molecular flexibility index (Phi) is 7.89. The van der Waals surface area contributed by atoms with E-state index in [-0.39, 0.29) is 17.4 Å². The van der Waals surface area contributed by atoms with Gasteiger partial charge < -0.3 is 15.6 Å². The van der Waals surface area contributed by atoms with Crippen molar-refractivity contribution in [2.24, 2.45) is 0 Å². The molecule has 1 aromatic carbocycles. The number of carbonyl (C=O) groups is 1. The monoisotopic (exact) mass is 372 g/mol. The summed E-state index contributed by atoms with van der Waals surface area (Å²) in [5, 5.41) is 10.0. The molecule has 1 heterocycles. The SMILES string of the molecule is CCCC.Cc1nc2cccc(OC3CCCCCC3)c2c(N)c1C(=O)O. The van der Waals surface area contributed by atoms with Gasteiger partial charge in [-0.15, -0.1) is 0 Å². The number of nitrogen functional groups attached to an aromatic ring is 1. The maximum atomic E-state index is 11.5. The van der Waals surface area contributed by atoms with Crippen LogP contribution in [-0.2, 0) is 0 Å². The number of nitrogens with two attached hydrogens (primary N) is 1. The number of fused-ring (bicyclic) bond motifs is 1. The van der Waals surface area contributed by atoms with E-state index in [9.17, 15) is 9.90 Å². The molecule has 3 N–H and O–H groups in total. The molecule has 0 bridgehead atoms. The Labute approximate surface area is 161 Å². The van der Waals surface area contributed by atoms with E-state index in [0.717, 1.165) is 12.8 Å². The summed E-state index contributed by atoms with van der Waals surface area (Å²) < 4.78 is 6.19. The quantitative estimate of drug-likeness (QED) is 0.669. The minimum Gasteiger partial charge on any atom is -0.490 e. The molecule has 148 valence electrons. The van der Waals surface area contributed by atoms with Gasteiger partial charge in [0.05, 0.1) is 28.4 Å². The van der Waals surface area contributed by atoms with Crippen LogP contribution in [0.25, 0.3) is 10.9 Å². The highest BCUT2D eigenvalue weighted by atomic mass is 16.5. The molecule has 0 saturated heterocycles. The van der Waals surface area contributed by atoms with Crippen LogP contribution >= 0.6 is 0 Å². The van der Waals surface area contributed by atoms with E-state index in [1.807, 2.05) is 18.2 Å². The van der Waals surface area contributed by atoms with Gasteiger partial charge in [0.2, 0.25) is 0 Å². The number of pyridine rings is 1. The van der Waals surface area contributed by atoms with Crippen molar-refractivity contribution in [1.82, 2.24) is 4.98 Å². The molecule has 0 unspecified atom stereocenters. The molecule has 2 aromatic rings. The van der Waals surface area contributed by atoms with Crippen molar-refractivity contribution in [2.75, 3.05) is 5.73 Å². The third-order valence-electron chi connectivity index (χ3n) is 5.00. The summed E-state index contributed by atoms with van der Waals surface area (Å²) in [4.78, 5) is 15.9. The Morgan fingerprint density at radius 1 is 1.19 bits per heavy atom. The van der Waals surface area contributed by atoms with Crippen molar-refractivity contribution >= 4 is 22.6 Å². The fourth-order valence-electron chi connectivity index (χ4n) is 3.35. The summed E-state index contributed by atoms with van der Waals surface area (Å²) in [6, 6.07) is 5.57. The second-order valence-corrected chi connectivity index (χ2v) is 7.17. The summed E-state index contributed by atoms with van der Waals surface area (Å²) in [6.07, 6.45) is 9.70. The lowest BCUT2D eigenvalue weighted by Crippen LogP contribution is -2.16. The van der Waals surface area contributed by atoms with Crippen LogP contribution in [0.5, 0.6) is 5.75 Å². The Hall–Kier alpha value is -2.30. The number of aryl methyl sites for hydroxylation is 1. The van der Waals surface area contributed by atoms with E-state index in [2.05, 4.69) is 18.8 Å². The molecule has 0 atom stereocenters. The van der Waals surface area contributed by atoms with E-state index < -0.39 is 5.97 Å². The summed E-state index contributed by atoms with van der Waals surface area (Å²) in [5.74, 6) is -0.416. The van der Waals surface area contributed by atoms with Crippen molar-refractivity contribution in [3.63, 3.8) is 0 Å². The summed E-state index contributed by atoms with van der Waals surface area (Å²) >= 11 is 0. The van der Waals surface area contributed by atoms with Gasteiger partial charge in [0.15, 0.2) is 0 Å². The standard InChI is InChI=1S/C18H22N2O3.C4H10/c1-11-15(18(21)22)17(19)16-13(20-11)9-6-10-14(16)23-12-7-4-2-3-5-8-12;1-3-4-2/h6,9-10,12H,2-5,7-8H2,1H3,(H2,19,20)(H,21,22);3-4H2,1-2H3. The lowest BCUT2D eigenvalue weighted by molar-refractivity contribution is 0.0697. The van der Waals surface area contributed by atoms with Crippen LogP contribution in [0.3, 0.4) is 0 Å². The number of carboxylic acid groups (broad SMARTS) is 1. The highest BCUT2D eigenvalue weighted by Crippen LogP contribution is 2.35. The number of hydrogen-bond donors (Lipinski definition) is 2. The van der Waals surface area contributed by atoms with Crippen LogP contribution in [0.1, 0.15) is 81.3 Å². The molecule has 1 aliphatic rings. The molecule has 1 aliphatic carbocycles. The third kappa shape index (κ3) is 5.34. The zero-order valence-electron chi connectivity index (χ0n) is 16.8. The predicted octanol–water partition coefficient (Wildman–Crippen LogP) is 5.73. The summed E-state index contributed by atoms with van der Waals surface area (Å²) in [5.41, 5.74) is 7.56. The van der Waals surface area contributed by atoms with Gasteiger partial charge in [-0.2, -0.15) is 0 Å². The molecule has 0 amide bonds. The molecule has 3 rings (SSSR count). The first-order valence-electron chi connectivity index (χ1n) is 10.1. The van der Waals surface area contributed by atoms with Gasteiger partial charge in [-0.3, -0.25) is 4.98 Å². The maximum Gasteiger partial charge on any atom is 0.339 e. The molecular weight excluding hydrogens is 340 g/mol. The Bertz CT molecular complexity index is 764. The minimum atomic E-state index is -1.06. The molecule has 0 aliphatic heterocycles. The largest absolute Gasteiger partial charge is 0.490 e. The van der Waals surface area contributed by atoms with Gasteiger partial charge >= 0.3 is 5.97 Å². The molecule has 0 spiro atoms. The Morgan fingerprint density at radius 3 is 2.37 bits per heavy atom. The van der Waals surface area contributed by atoms with E-state index >= 15 is 0 Å². The van der Waals surface area contributed by atoms with Crippen LogP contribution in [0.2, 0.25) is 0 Å². The number of carboxylic acids is 1. The fraction of sp³-hybridized carbons (Fsp3) is 0.545. The number of ether oxygens (including phenoxy) is 1. The van der Waals surface area contributed by atoms with Crippen molar-refractivity contribution in [2.45, 2.75) is 78.2 Å². The van der Waals surface area contributed by atoms with E-state index in [1.54, 1.807) is 6.92 Å². The van der Waals surface area contributed by atoms with Gasteiger partial charge in [0.25, 0.3) is 0 Å². The first kappa shape index (κ1) is 21.0. The number of rotatable bonds is 4. The minimum absolute atomic E-state index is 0.0643. The molecule has 1 aromatic heterocycles. The Morgan fingerprint density at radius 2 is 1.81 bits per heavy atom. The van der Waals surface area contributed by atoms with E-state index in [1.165, 1.54) is 38.5 Å². The van der Waals surface area contributed by atoms with Crippen LogP contribution in [0.4, 0.5) is 5.69 Å². The second kappa shape index (κ2) is 10.1. The third-order valence-corrected chi connectivity index (χ3v) is 5.00. The lowest BCUT2D eigenvalue weighted by Gasteiger charge is -2.19. The molecule has 1 fully saturated rings. The molecule has 1 saturated carbocycles. The first-order valence-corrected chi connectivity index (χ1v) is 10.1. The first-order chi connectivity index (χ1) is 13.0. The normalized spacial score (nSPS) is 14.9. The van der Waals surface area contributed by atoms with Gasteiger partial charge in [0, 0.05) is 0 Å². The zero-order valence-corrected chi connectivity index (χ0v) is 16.8. The van der Waals surface area contributed by atoms with Crippen molar-refractivity contribution < 1.29 is 14.6 Å². The number of nitrogens with zero attached hydrogens (tertiary/aromatic N) is 1. The average molecular weight is 373 g/mol. The van der Waals surface area contributed by atoms with Gasteiger partial charge in [-0.25, -0.2) is 4.79 Å². The van der Waals surface area contributed by atoms with Crippen LogP contribution in [0, 0.1) is 6.92 Å². The lowest BCUT2D eigenvalue weighted by atomic mass is 10.1. The topological polar surface area (TPSA) is 85.4 Å². The van der Waals surface area contributed by atoms with E-state index in [0.29, 0.717) is 22.3 Å². The van der Waals surface area contributed by atoms with Crippen LogP contribution in [0.15, 0.2) is 18.2 Å². The average Bonchev–Trinajstić information content (AvgIpc) is 2.90. The van der Waals surface area contributed by atoms with Crippen LogP contribution < -0.4 is 10.5 Å². The predicted molar refractivity (Wildman–Crippen MR) is 111 cm³/mol. The van der Waals surface area contributed by atoms with E-state index in [4.69, 9.17) is 10.5 Å². The fourth-order valence-corrected chi connectivity index (χ4v) is 3.35. The Balaban J connectivity index is 0.000000596. The molecule has 27 heavy (non-hydrogen) atoms. The summed E-state index contributed by atoms with van der Waals surface area (Å²) in [7, 11) is 0. The van der Waals surface area contributed by atoms with Crippen molar-refractivity contribution in [3.05, 3.63) is 29.5 Å². The zero-order chi connectivity index (χ0) is 19.8. The summed E-state index contributed by atoms with van der Waals surface area (Å²) in [6.45, 7) is 6.03. The van der Waals surface area contributed by atoms with Gasteiger partial charge in [-0.05, 0) is 44.7 Å². The molecule has 5 nitrogen and oxygen atoms in total. The maximum absolute atomic E-state index is 11.5. The van der Waals surface area contributed by atoms with Gasteiger partial charge in [0.1, 0.15) is 11.3 Å². The highest BCUT2D eigenvalue weighted by molar-refractivity contribution is 6.06.